The third kappa shape index (κ3) is 6.20. The van der Waals surface area contributed by atoms with E-state index in [-0.39, 0.29) is 18.7 Å². The molecular formula is C27H35N3O5. The predicted octanol–water partition coefficient (Wildman–Crippen LogP) is 1.64. The number of nitrogens with one attached hydrogen (secondary N) is 2. The molecule has 2 aliphatic rings. The number of primary amides is 1. The number of rotatable bonds is 4. The van der Waals surface area contributed by atoms with Crippen molar-refractivity contribution in [2.45, 2.75) is 56.4 Å². The molecular weight excluding hydrogens is 446 g/mol. The lowest BCUT2D eigenvalue weighted by atomic mass is 9.96. The average molecular weight is 482 g/mol. The van der Waals surface area contributed by atoms with Gasteiger partial charge in [-0.2, -0.15) is 0 Å². The number of aliphatic hydroxyl groups is 1. The minimum atomic E-state index is -0.938. The first-order chi connectivity index (χ1) is 17.0. The molecule has 2 amide bonds. The first-order valence-electron chi connectivity index (χ1n) is 12.3. The van der Waals surface area contributed by atoms with Gasteiger partial charge in [-0.25, -0.2) is 0 Å². The lowest BCUT2D eigenvalue weighted by molar-refractivity contribution is -0.135. The van der Waals surface area contributed by atoms with Crippen molar-refractivity contribution in [3.05, 3.63) is 65.2 Å². The van der Waals surface area contributed by atoms with Gasteiger partial charge in [0.25, 0.3) is 0 Å². The fourth-order valence-electron chi connectivity index (χ4n) is 5.02. The largest absolute Gasteiger partial charge is 0.497 e. The summed E-state index contributed by atoms with van der Waals surface area (Å²) in [4.78, 5) is 25.0. The summed E-state index contributed by atoms with van der Waals surface area (Å²) in [5.41, 5.74) is 8.82. The molecule has 8 heteroatoms. The summed E-state index contributed by atoms with van der Waals surface area (Å²) in [7, 11) is 1.64. The van der Waals surface area contributed by atoms with Crippen LogP contribution in [0.3, 0.4) is 0 Å². The average Bonchev–Trinajstić information content (AvgIpc) is 3.20. The van der Waals surface area contributed by atoms with E-state index in [4.69, 9.17) is 15.2 Å². The molecule has 1 aliphatic heterocycles. The van der Waals surface area contributed by atoms with Gasteiger partial charge in [-0.1, -0.05) is 36.4 Å². The molecule has 0 aromatic heterocycles. The number of hydrogen-bond donors (Lipinski definition) is 4. The number of aliphatic hydroxyl groups excluding tert-OH is 1. The first-order valence-corrected chi connectivity index (χ1v) is 12.3. The number of amides is 2. The van der Waals surface area contributed by atoms with Gasteiger partial charge >= 0.3 is 0 Å². The van der Waals surface area contributed by atoms with Gasteiger partial charge in [0.2, 0.25) is 11.8 Å². The van der Waals surface area contributed by atoms with Crippen LogP contribution in [0.1, 0.15) is 42.0 Å². The number of carbonyl (C=O) groups excluding carboxylic acids is 2. The number of methoxy groups -OCH3 is 1. The van der Waals surface area contributed by atoms with E-state index in [0.29, 0.717) is 25.9 Å². The van der Waals surface area contributed by atoms with Crippen LogP contribution in [0.15, 0.2) is 48.5 Å². The van der Waals surface area contributed by atoms with E-state index in [0.717, 1.165) is 29.7 Å². The van der Waals surface area contributed by atoms with Crippen LogP contribution in [-0.4, -0.2) is 55.4 Å². The summed E-state index contributed by atoms with van der Waals surface area (Å²) in [6, 6.07) is 15.0. The minimum absolute atomic E-state index is 0.0821. The van der Waals surface area contributed by atoms with E-state index in [1.165, 1.54) is 5.56 Å². The molecule has 1 saturated heterocycles. The topological polar surface area (TPSA) is 123 Å². The fraction of sp³-hybridized carbons (Fsp3) is 0.481. The molecule has 5 atom stereocenters. The van der Waals surface area contributed by atoms with Gasteiger partial charge in [0.1, 0.15) is 11.7 Å². The third-order valence-corrected chi connectivity index (χ3v) is 7.00. The summed E-state index contributed by atoms with van der Waals surface area (Å²) in [5, 5.41) is 17.6. The number of ether oxygens (including phenoxy) is 2. The van der Waals surface area contributed by atoms with E-state index in [1.807, 2.05) is 42.5 Å². The molecule has 4 rings (SSSR count). The Morgan fingerprint density at radius 1 is 1.20 bits per heavy atom. The molecule has 35 heavy (non-hydrogen) atoms. The van der Waals surface area contributed by atoms with Crippen LogP contribution >= 0.6 is 0 Å². The lowest BCUT2D eigenvalue weighted by Crippen LogP contribution is -2.52. The quantitative estimate of drug-likeness (QED) is 0.493. The second-order valence-corrected chi connectivity index (χ2v) is 9.39. The molecule has 1 heterocycles. The minimum Gasteiger partial charge on any atom is -0.497 e. The van der Waals surface area contributed by atoms with Gasteiger partial charge < -0.3 is 30.9 Å². The maximum Gasteiger partial charge on any atom is 0.232 e. The third-order valence-electron chi connectivity index (χ3n) is 7.00. The molecule has 0 bridgehead atoms. The SMILES string of the molecule is COc1ccc2c(c1)[C@H]1NC[C@@H](O)[C@H](Cc3ccccc3)NC(=O)[C@H](C(N)=O)CCCCO[C@@H]1C2. The molecule has 188 valence electrons. The second-order valence-electron chi connectivity index (χ2n) is 9.39. The zero-order valence-electron chi connectivity index (χ0n) is 20.1. The van der Waals surface area contributed by atoms with E-state index < -0.39 is 29.9 Å². The standard InChI is InChI=1S/C27H35N3O5/c1-34-19-11-10-18-14-24-25(21(18)15-19)29-16-23(31)22(13-17-7-3-2-4-8-17)30-27(33)20(26(28)32)9-5-6-12-35-24/h2-4,7-8,10-11,15,20,22-25,29,31H,5-6,9,12-14,16H2,1H3,(H2,28,32)(H,30,33)/t20-,22-,23+,24+,25+/m0/s1. The van der Waals surface area contributed by atoms with E-state index in [9.17, 15) is 14.7 Å². The van der Waals surface area contributed by atoms with Crippen molar-refractivity contribution in [2.75, 3.05) is 20.3 Å². The van der Waals surface area contributed by atoms with Crippen LogP contribution < -0.4 is 21.1 Å². The molecule has 1 aliphatic carbocycles. The number of hydrogen-bond acceptors (Lipinski definition) is 6. The lowest BCUT2D eigenvalue weighted by Gasteiger charge is -2.29. The van der Waals surface area contributed by atoms with Crippen molar-refractivity contribution in [1.29, 1.82) is 0 Å². The molecule has 1 fully saturated rings. The summed E-state index contributed by atoms with van der Waals surface area (Å²) >= 11 is 0. The van der Waals surface area contributed by atoms with Crippen molar-refractivity contribution in [3.63, 3.8) is 0 Å². The monoisotopic (exact) mass is 481 g/mol. The van der Waals surface area contributed by atoms with E-state index in [1.54, 1.807) is 7.11 Å². The van der Waals surface area contributed by atoms with Crippen molar-refractivity contribution in [3.8, 4) is 5.75 Å². The fourth-order valence-corrected chi connectivity index (χ4v) is 5.02. The van der Waals surface area contributed by atoms with Crippen molar-refractivity contribution < 1.29 is 24.2 Å². The summed E-state index contributed by atoms with van der Waals surface area (Å²) in [6.07, 6.45) is 1.92. The molecule has 0 spiro atoms. The number of β-amino-alcohol motifs (C(OH)–C–C–N with tert-alkyl or cyclic N) is 1. The number of benzene rings is 2. The van der Waals surface area contributed by atoms with Gasteiger partial charge in [0, 0.05) is 19.6 Å². The highest BCUT2D eigenvalue weighted by Gasteiger charge is 2.35. The van der Waals surface area contributed by atoms with Gasteiger partial charge in [0.05, 0.1) is 31.4 Å². The van der Waals surface area contributed by atoms with Crippen LogP contribution in [0.2, 0.25) is 0 Å². The second kappa shape index (κ2) is 11.7. The summed E-state index contributed by atoms with van der Waals surface area (Å²) in [6.45, 7) is 0.750. The van der Waals surface area contributed by atoms with Crippen LogP contribution in [-0.2, 0) is 27.2 Å². The van der Waals surface area contributed by atoms with Gasteiger partial charge in [-0.05, 0) is 54.5 Å². The highest BCUT2D eigenvalue weighted by Crippen LogP contribution is 2.36. The molecule has 8 nitrogen and oxygen atoms in total. The number of nitrogens with two attached hydrogens (primary N) is 1. The van der Waals surface area contributed by atoms with Crippen molar-refractivity contribution >= 4 is 11.8 Å². The maximum atomic E-state index is 13.0. The Hall–Kier alpha value is -2.94. The van der Waals surface area contributed by atoms with Crippen LogP contribution in [0, 0.1) is 5.92 Å². The molecule has 2 aromatic rings. The molecule has 0 saturated carbocycles. The summed E-state index contributed by atoms with van der Waals surface area (Å²) < 4.78 is 11.7. The Balaban J connectivity index is 1.58. The van der Waals surface area contributed by atoms with Crippen molar-refractivity contribution in [2.24, 2.45) is 11.7 Å². The Labute approximate surface area is 206 Å². The van der Waals surface area contributed by atoms with Crippen LogP contribution in [0.25, 0.3) is 0 Å². The molecule has 5 N–H and O–H groups in total. The van der Waals surface area contributed by atoms with Crippen LogP contribution in [0.5, 0.6) is 5.75 Å². The Kier molecular flexibility index (Phi) is 8.38. The van der Waals surface area contributed by atoms with Gasteiger partial charge in [-0.3, -0.25) is 9.59 Å². The van der Waals surface area contributed by atoms with Gasteiger partial charge in [-0.15, -0.1) is 0 Å². The molecule has 0 unspecified atom stereocenters. The zero-order chi connectivity index (χ0) is 24.8. The normalized spacial score (nSPS) is 27.7. The highest BCUT2D eigenvalue weighted by molar-refractivity contribution is 5.99. The van der Waals surface area contributed by atoms with Crippen LogP contribution in [0.4, 0.5) is 0 Å². The highest BCUT2D eigenvalue weighted by atomic mass is 16.5. The number of carbonyl (C=O) groups is 2. The Morgan fingerprint density at radius 2 is 2.00 bits per heavy atom. The Bertz CT molecular complexity index is 1020. The first kappa shape index (κ1) is 25.2. The smallest absolute Gasteiger partial charge is 0.232 e. The Morgan fingerprint density at radius 3 is 2.74 bits per heavy atom. The van der Waals surface area contributed by atoms with E-state index >= 15 is 0 Å². The van der Waals surface area contributed by atoms with Gasteiger partial charge in [0.15, 0.2) is 0 Å². The molecule has 0 radical (unpaired) electrons. The zero-order valence-corrected chi connectivity index (χ0v) is 20.1. The number of fused-ring (bicyclic) bond motifs is 3. The molecule has 2 aromatic carbocycles. The maximum absolute atomic E-state index is 13.0. The van der Waals surface area contributed by atoms with Crippen molar-refractivity contribution in [1.82, 2.24) is 10.6 Å². The predicted molar refractivity (Wildman–Crippen MR) is 132 cm³/mol. The van der Waals surface area contributed by atoms with E-state index in [2.05, 4.69) is 16.7 Å². The summed E-state index contributed by atoms with van der Waals surface area (Å²) in [5.74, 6) is -1.25.